The predicted octanol–water partition coefficient (Wildman–Crippen LogP) is 5.58. The molecule has 0 saturated carbocycles. The summed E-state index contributed by atoms with van der Waals surface area (Å²) in [4.78, 5) is 18.5. The number of H-pyrrole nitrogens is 1. The Bertz CT molecular complexity index is 1640. The monoisotopic (exact) mass is 537 g/mol. The maximum Gasteiger partial charge on any atom is 0.333 e. The number of imidazole rings is 1. The second-order valence-corrected chi connectivity index (χ2v) is 10.9. The largest absolute Gasteiger partial charge is 0.495 e. The summed E-state index contributed by atoms with van der Waals surface area (Å²) < 4.78 is 9.40. The molecule has 0 aliphatic carbocycles. The predicted molar refractivity (Wildman–Crippen MR) is 156 cm³/mol. The number of benzene rings is 2. The minimum Gasteiger partial charge on any atom is -0.495 e. The van der Waals surface area contributed by atoms with Crippen molar-refractivity contribution >= 4 is 0 Å². The molecule has 40 heavy (non-hydrogen) atoms. The van der Waals surface area contributed by atoms with E-state index in [4.69, 9.17) is 4.74 Å². The molecule has 0 saturated heterocycles. The van der Waals surface area contributed by atoms with Crippen LogP contribution in [-0.4, -0.2) is 41.9 Å². The minimum absolute atomic E-state index is 0.0717. The van der Waals surface area contributed by atoms with E-state index in [0.29, 0.717) is 23.8 Å². The molecule has 0 aliphatic rings. The average molecular weight is 538 g/mol. The normalized spacial score (nSPS) is 11.6. The maximum absolute atomic E-state index is 14.0. The first kappa shape index (κ1) is 27.1. The smallest absolute Gasteiger partial charge is 0.333 e. The van der Waals surface area contributed by atoms with E-state index in [9.17, 15) is 4.79 Å². The number of nitrogens with zero attached hydrogens (tertiary/aromatic N) is 6. The van der Waals surface area contributed by atoms with E-state index in [2.05, 4.69) is 71.5 Å². The first-order chi connectivity index (χ1) is 19.3. The molecule has 1 N–H and O–H groups in total. The second-order valence-electron chi connectivity index (χ2n) is 10.9. The van der Waals surface area contributed by atoms with Gasteiger partial charge in [-0.25, -0.2) is 9.89 Å². The van der Waals surface area contributed by atoms with Crippen molar-refractivity contribution in [2.45, 2.75) is 58.9 Å². The lowest BCUT2D eigenvalue weighted by Crippen LogP contribution is -2.27. The van der Waals surface area contributed by atoms with E-state index in [1.807, 2.05) is 47.2 Å². The molecule has 0 radical (unpaired) electrons. The number of aromatic amines is 1. The van der Waals surface area contributed by atoms with Crippen LogP contribution < -0.4 is 10.4 Å². The number of methoxy groups -OCH3 is 1. The zero-order valence-electron chi connectivity index (χ0n) is 23.7. The molecule has 9 nitrogen and oxygen atoms in total. The van der Waals surface area contributed by atoms with Gasteiger partial charge in [0.25, 0.3) is 0 Å². The summed E-state index contributed by atoms with van der Waals surface area (Å²) in [5, 5.41) is 14.2. The van der Waals surface area contributed by atoms with Gasteiger partial charge in [0.15, 0.2) is 5.82 Å². The number of para-hydroxylation sites is 1. The maximum atomic E-state index is 14.0. The summed E-state index contributed by atoms with van der Waals surface area (Å²) in [5.41, 5.74) is 6.26. The lowest BCUT2D eigenvalue weighted by atomic mass is 9.85. The first-order valence-electron chi connectivity index (χ1n) is 13.6. The SMILES string of the molecule is CCCCc1cn(-c2c(OC)cccc2C(C)(C)C)c(=O)n1Cc1ccc(-c2cccnc2-c2nnn[nH]2)cc1. The van der Waals surface area contributed by atoms with Crippen molar-refractivity contribution in [3.05, 3.63) is 94.3 Å². The fraction of sp³-hybridized carbons (Fsp3) is 0.323. The zero-order valence-corrected chi connectivity index (χ0v) is 23.7. The van der Waals surface area contributed by atoms with Crippen LogP contribution in [0, 0.1) is 0 Å². The number of pyridine rings is 1. The summed E-state index contributed by atoms with van der Waals surface area (Å²) in [6, 6.07) is 18.1. The van der Waals surface area contributed by atoms with E-state index in [0.717, 1.165) is 52.9 Å². The molecule has 5 aromatic rings. The molecule has 206 valence electrons. The fourth-order valence-corrected chi connectivity index (χ4v) is 5.01. The van der Waals surface area contributed by atoms with Gasteiger partial charge in [-0.15, -0.1) is 5.10 Å². The molecule has 0 bridgehead atoms. The summed E-state index contributed by atoms with van der Waals surface area (Å²) >= 11 is 0. The van der Waals surface area contributed by atoms with Crippen molar-refractivity contribution in [1.82, 2.24) is 34.7 Å². The second kappa shape index (κ2) is 11.3. The topological polar surface area (TPSA) is 104 Å². The van der Waals surface area contributed by atoms with E-state index >= 15 is 0 Å². The number of unbranched alkanes of at least 4 members (excludes halogenated alkanes) is 1. The van der Waals surface area contributed by atoms with Crippen molar-refractivity contribution < 1.29 is 4.74 Å². The minimum atomic E-state index is -0.169. The Kier molecular flexibility index (Phi) is 7.64. The highest BCUT2D eigenvalue weighted by atomic mass is 16.5. The van der Waals surface area contributed by atoms with Gasteiger partial charge in [-0.3, -0.25) is 14.1 Å². The van der Waals surface area contributed by atoms with Crippen LogP contribution in [0.2, 0.25) is 0 Å². The third kappa shape index (κ3) is 5.32. The number of rotatable bonds is 9. The van der Waals surface area contributed by atoms with E-state index in [1.165, 1.54) is 0 Å². The molecule has 0 amide bonds. The molecular weight excluding hydrogens is 502 g/mol. The molecule has 0 aliphatic heterocycles. The molecule has 3 heterocycles. The van der Waals surface area contributed by atoms with Crippen LogP contribution in [0.1, 0.15) is 57.4 Å². The summed E-state index contributed by atoms with van der Waals surface area (Å²) in [6.07, 6.45) is 6.58. The van der Waals surface area contributed by atoms with Crippen LogP contribution in [0.4, 0.5) is 0 Å². The first-order valence-corrected chi connectivity index (χ1v) is 13.6. The van der Waals surface area contributed by atoms with Crippen LogP contribution >= 0.6 is 0 Å². The van der Waals surface area contributed by atoms with Gasteiger partial charge >= 0.3 is 5.69 Å². The van der Waals surface area contributed by atoms with Gasteiger partial charge in [-0.1, -0.05) is 76.6 Å². The van der Waals surface area contributed by atoms with E-state index in [1.54, 1.807) is 17.9 Å². The van der Waals surface area contributed by atoms with Crippen molar-refractivity contribution in [2.75, 3.05) is 7.11 Å². The van der Waals surface area contributed by atoms with Crippen molar-refractivity contribution in [1.29, 1.82) is 0 Å². The molecule has 0 unspecified atom stereocenters. The van der Waals surface area contributed by atoms with Gasteiger partial charge < -0.3 is 4.74 Å². The number of nitrogens with one attached hydrogen (secondary N) is 1. The van der Waals surface area contributed by atoms with E-state index < -0.39 is 0 Å². The molecule has 5 rings (SSSR count). The summed E-state index contributed by atoms with van der Waals surface area (Å²) in [7, 11) is 1.65. The Balaban J connectivity index is 1.54. The highest BCUT2D eigenvalue weighted by Gasteiger charge is 2.25. The third-order valence-corrected chi connectivity index (χ3v) is 7.10. The van der Waals surface area contributed by atoms with Crippen LogP contribution in [0.5, 0.6) is 5.75 Å². The Hall–Kier alpha value is -4.53. The average Bonchev–Trinajstić information content (AvgIpc) is 3.60. The Morgan fingerprint density at radius 3 is 2.50 bits per heavy atom. The van der Waals surface area contributed by atoms with Crippen molar-refractivity contribution in [3.8, 4) is 34.1 Å². The van der Waals surface area contributed by atoms with Gasteiger partial charge in [-0.05, 0) is 57.5 Å². The lowest BCUT2D eigenvalue weighted by molar-refractivity contribution is 0.410. The Morgan fingerprint density at radius 1 is 1.02 bits per heavy atom. The summed E-state index contributed by atoms with van der Waals surface area (Å²) in [5.74, 6) is 1.20. The number of tetrazole rings is 1. The zero-order chi connectivity index (χ0) is 28.3. The molecule has 9 heteroatoms. The molecule has 0 spiro atoms. The number of aryl methyl sites for hydroxylation is 1. The molecule has 0 atom stereocenters. The van der Waals surface area contributed by atoms with Crippen molar-refractivity contribution in [2.24, 2.45) is 0 Å². The van der Waals surface area contributed by atoms with Crippen LogP contribution in [0.3, 0.4) is 0 Å². The van der Waals surface area contributed by atoms with Crippen molar-refractivity contribution in [3.63, 3.8) is 0 Å². The molecular formula is C31H35N7O2. The van der Waals surface area contributed by atoms with Crippen LogP contribution in [0.25, 0.3) is 28.3 Å². The lowest BCUT2D eigenvalue weighted by Gasteiger charge is -2.24. The highest BCUT2D eigenvalue weighted by molar-refractivity contribution is 5.77. The standard InChI is InChI=1S/C31H35N7O2/c1-6-7-10-23-20-38(28-25(31(2,3)4)12-8-13-26(28)40-5)30(39)37(23)19-21-14-16-22(17-15-21)24-11-9-18-32-27(24)29-33-35-36-34-29/h8-9,11-18,20H,6-7,10,19H2,1-5H3,(H,33,34,35,36). The fourth-order valence-electron chi connectivity index (χ4n) is 5.01. The van der Waals surface area contributed by atoms with Crippen LogP contribution in [0.15, 0.2) is 71.8 Å². The molecule has 2 aromatic carbocycles. The van der Waals surface area contributed by atoms with Crippen LogP contribution in [-0.2, 0) is 18.4 Å². The number of ether oxygens (including phenoxy) is 1. The number of hydrogen-bond donors (Lipinski definition) is 1. The van der Waals surface area contributed by atoms with Gasteiger partial charge in [0.05, 0.1) is 19.3 Å². The number of aromatic nitrogens is 7. The third-order valence-electron chi connectivity index (χ3n) is 7.10. The van der Waals surface area contributed by atoms with E-state index in [-0.39, 0.29) is 11.1 Å². The summed E-state index contributed by atoms with van der Waals surface area (Å²) in [6.45, 7) is 9.09. The number of hydrogen-bond acceptors (Lipinski definition) is 6. The van der Waals surface area contributed by atoms with Gasteiger partial charge in [0, 0.05) is 23.7 Å². The quantitative estimate of drug-likeness (QED) is 0.263. The highest BCUT2D eigenvalue weighted by Crippen LogP contribution is 2.34. The Morgan fingerprint density at radius 2 is 1.82 bits per heavy atom. The van der Waals surface area contributed by atoms with Gasteiger partial charge in [0.2, 0.25) is 0 Å². The van der Waals surface area contributed by atoms with Gasteiger partial charge in [0.1, 0.15) is 11.4 Å². The Labute approximate surface area is 233 Å². The molecule has 0 fully saturated rings. The van der Waals surface area contributed by atoms with Gasteiger partial charge in [-0.2, -0.15) is 0 Å². The molecule has 3 aromatic heterocycles.